The van der Waals surface area contributed by atoms with Crippen molar-refractivity contribution < 1.29 is 0 Å². The monoisotopic (exact) mass is 177 g/mol. The number of benzene rings is 1. The van der Waals surface area contributed by atoms with Crippen LogP contribution in [0.3, 0.4) is 0 Å². The van der Waals surface area contributed by atoms with E-state index in [1.54, 1.807) is 0 Å². The van der Waals surface area contributed by atoms with Crippen LogP contribution in [0.1, 0.15) is 18.9 Å². The smallest absolute Gasteiger partial charge is 0.0814 e. The third-order valence-corrected chi connectivity index (χ3v) is 1.91. The summed E-state index contributed by atoms with van der Waals surface area (Å²) in [6.45, 7) is 4.35. The molecule has 1 aromatic carbocycles. The Morgan fingerprint density at radius 2 is 1.85 bits per heavy atom. The minimum absolute atomic E-state index is 0. The van der Waals surface area contributed by atoms with Gasteiger partial charge in [0.15, 0.2) is 0 Å². The van der Waals surface area contributed by atoms with Gasteiger partial charge in [-0.05, 0) is 31.5 Å². The van der Waals surface area contributed by atoms with Crippen LogP contribution in [0.25, 0.3) is 0 Å². The molecule has 0 atom stereocenters. The van der Waals surface area contributed by atoms with Crippen LogP contribution in [0.2, 0.25) is 0 Å². The number of hydrogen-bond donors (Lipinski definition) is 1. The minimum Gasteiger partial charge on any atom is -0.317 e. The summed E-state index contributed by atoms with van der Waals surface area (Å²) in [5, 5.41) is 3.32. The van der Waals surface area contributed by atoms with E-state index in [2.05, 4.69) is 42.6 Å². The molecule has 13 heavy (non-hydrogen) atoms. The fraction of sp³-hybridized carbons (Fsp3) is 0.455. The molecule has 0 bridgehead atoms. The molecule has 0 aliphatic carbocycles. The molecule has 0 saturated heterocycles. The van der Waals surface area contributed by atoms with Gasteiger partial charge in [-0.3, -0.25) is 0 Å². The van der Waals surface area contributed by atoms with Crippen molar-refractivity contribution in [3.63, 3.8) is 0 Å². The molecule has 0 radical (unpaired) electrons. The number of aryl methyl sites for hydroxylation is 1. The first kappa shape index (κ1) is 12.2. The van der Waals surface area contributed by atoms with Gasteiger partial charge in [0.2, 0.25) is 0 Å². The third-order valence-electron chi connectivity index (χ3n) is 1.91. The molecule has 1 nitrogen and oxygen atoms in total. The van der Waals surface area contributed by atoms with E-state index in [-0.39, 0.29) is 8.41 Å². The van der Waals surface area contributed by atoms with Crippen LogP contribution >= 0.6 is 0 Å². The van der Waals surface area contributed by atoms with Crippen LogP contribution in [0, 0.1) is 0 Å². The van der Waals surface area contributed by atoms with Crippen molar-refractivity contribution in [3.05, 3.63) is 35.9 Å². The average molecular weight is 177 g/mol. The molecule has 0 amide bonds. The lowest BCUT2D eigenvalue weighted by atomic mass is 10.1. The first-order valence-electron chi connectivity index (χ1n) is 4.68. The number of nitrogens with one attached hydrogen (secondary N) is 1. The second-order valence-corrected chi connectivity index (χ2v) is 2.94. The molecule has 1 aromatic rings. The maximum atomic E-state index is 3.32. The molecule has 0 unspecified atom stereocenters. The third kappa shape index (κ3) is 5.48. The Labute approximate surface area is 83.1 Å². The maximum absolute atomic E-state index is 3.32. The summed E-state index contributed by atoms with van der Waals surface area (Å²) < 4.78 is 0. The zero-order chi connectivity index (χ0) is 8.65. The highest BCUT2D eigenvalue weighted by molar-refractivity contribution is 5.75. The van der Waals surface area contributed by atoms with Crippen LogP contribution in [-0.2, 0) is 6.42 Å². The van der Waals surface area contributed by atoms with Gasteiger partial charge in [0, 0.05) is 0 Å². The van der Waals surface area contributed by atoms with Crippen molar-refractivity contribution in [2.75, 3.05) is 13.1 Å². The highest BCUT2D eigenvalue weighted by Crippen LogP contribution is 2.00. The van der Waals surface area contributed by atoms with Gasteiger partial charge in [-0.25, -0.2) is 0 Å². The molecule has 0 aliphatic heterocycles. The van der Waals surface area contributed by atoms with Gasteiger partial charge in [0.1, 0.15) is 0 Å². The van der Waals surface area contributed by atoms with Crippen molar-refractivity contribution in [2.24, 2.45) is 0 Å². The first-order chi connectivity index (χ1) is 5.93. The zero-order valence-electron chi connectivity index (χ0n) is 7.72. The highest BCUT2D eigenvalue weighted by Gasteiger charge is 1.89. The molecule has 0 fully saturated rings. The minimum atomic E-state index is 0. The van der Waals surface area contributed by atoms with Crippen LogP contribution in [-0.4, -0.2) is 21.5 Å². The van der Waals surface area contributed by atoms with Crippen LogP contribution < -0.4 is 5.32 Å². The highest BCUT2D eigenvalue weighted by atomic mass is 14.8. The van der Waals surface area contributed by atoms with Gasteiger partial charge in [-0.15, -0.1) is 0 Å². The molecule has 1 N–H and O–H groups in total. The summed E-state index contributed by atoms with van der Waals surface area (Å²) in [5.74, 6) is 0. The second kappa shape index (κ2) is 7.87. The largest absolute Gasteiger partial charge is 0.317 e. The summed E-state index contributed by atoms with van der Waals surface area (Å²) in [6.07, 6.45) is 2.42. The van der Waals surface area contributed by atoms with E-state index in [4.69, 9.17) is 0 Å². The van der Waals surface area contributed by atoms with Crippen molar-refractivity contribution in [3.8, 4) is 0 Å². The molecule has 0 heterocycles. The van der Waals surface area contributed by atoms with Gasteiger partial charge in [-0.1, -0.05) is 37.3 Å². The fourth-order valence-corrected chi connectivity index (χ4v) is 1.24. The van der Waals surface area contributed by atoms with Gasteiger partial charge in [-0.2, -0.15) is 0 Å². The van der Waals surface area contributed by atoms with E-state index in [9.17, 15) is 0 Å². The van der Waals surface area contributed by atoms with Crippen LogP contribution in [0.5, 0.6) is 0 Å². The summed E-state index contributed by atoms with van der Waals surface area (Å²) in [7, 11) is 0. The van der Waals surface area contributed by atoms with E-state index in [1.165, 1.54) is 18.4 Å². The van der Waals surface area contributed by atoms with Crippen LogP contribution in [0.4, 0.5) is 0 Å². The Balaban J connectivity index is 0.00000144. The Hall–Kier alpha value is -0.755. The van der Waals surface area contributed by atoms with Crippen molar-refractivity contribution in [1.29, 1.82) is 0 Å². The molecule has 2 heteroatoms. The molecule has 0 spiro atoms. The van der Waals surface area contributed by atoms with Crippen LogP contribution in [0.15, 0.2) is 30.3 Å². The van der Waals surface area contributed by atoms with Crippen molar-refractivity contribution in [2.45, 2.75) is 19.8 Å². The Bertz CT molecular complexity index is 199. The lowest BCUT2D eigenvalue weighted by Gasteiger charge is -2.01. The standard InChI is InChI=1S/C11H17N.BH3/c1-2-12-10-6-9-11-7-4-3-5-8-11;/h3-5,7-8,12H,2,6,9-10H2,1H3;1H3. The maximum Gasteiger partial charge on any atom is 0.0814 e. The predicted octanol–water partition coefficient (Wildman–Crippen LogP) is 1.04. The molecule has 0 aliphatic rings. The first-order valence-corrected chi connectivity index (χ1v) is 4.68. The van der Waals surface area contributed by atoms with E-state index in [1.807, 2.05) is 0 Å². The molecular weight excluding hydrogens is 157 g/mol. The van der Waals surface area contributed by atoms with E-state index >= 15 is 0 Å². The SMILES string of the molecule is B.CCNCCCc1ccccc1. The fourth-order valence-electron chi connectivity index (χ4n) is 1.24. The zero-order valence-corrected chi connectivity index (χ0v) is 7.72. The molecular formula is C11H20BN. The quantitative estimate of drug-likeness (QED) is 0.523. The average Bonchev–Trinajstić information content (AvgIpc) is 2.14. The topological polar surface area (TPSA) is 12.0 Å². The predicted molar refractivity (Wildman–Crippen MR) is 63.2 cm³/mol. The molecule has 72 valence electrons. The van der Waals surface area contributed by atoms with Gasteiger partial charge in [0.05, 0.1) is 8.41 Å². The summed E-state index contributed by atoms with van der Waals surface area (Å²) >= 11 is 0. The van der Waals surface area contributed by atoms with E-state index in [0.717, 1.165) is 13.1 Å². The van der Waals surface area contributed by atoms with Gasteiger partial charge < -0.3 is 5.32 Å². The molecule has 1 rings (SSSR count). The normalized spacial score (nSPS) is 9.31. The summed E-state index contributed by atoms with van der Waals surface area (Å²) in [4.78, 5) is 0. The lowest BCUT2D eigenvalue weighted by molar-refractivity contribution is 0.672. The van der Waals surface area contributed by atoms with Crippen molar-refractivity contribution >= 4 is 8.41 Å². The Morgan fingerprint density at radius 3 is 2.46 bits per heavy atom. The molecule has 0 saturated carbocycles. The summed E-state index contributed by atoms with van der Waals surface area (Å²) in [5.41, 5.74) is 1.44. The molecule has 0 aromatic heterocycles. The van der Waals surface area contributed by atoms with Gasteiger partial charge in [0.25, 0.3) is 0 Å². The summed E-state index contributed by atoms with van der Waals surface area (Å²) in [6, 6.07) is 10.6. The number of rotatable bonds is 5. The Kier molecular flexibility index (Phi) is 7.41. The van der Waals surface area contributed by atoms with E-state index < -0.39 is 0 Å². The second-order valence-electron chi connectivity index (χ2n) is 2.94. The lowest BCUT2D eigenvalue weighted by Crippen LogP contribution is -2.14. The van der Waals surface area contributed by atoms with Crippen molar-refractivity contribution in [1.82, 2.24) is 5.32 Å². The van der Waals surface area contributed by atoms with E-state index in [0.29, 0.717) is 0 Å². The number of hydrogen-bond acceptors (Lipinski definition) is 1. The van der Waals surface area contributed by atoms with Gasteiger partial charge >= 0.3 is 0 Å². The Morgan fingerprint density at radius 1 is 1.15 bits per heavy atom.